The molecule has 0 radical (unpaired) electrons. The zero-order valence-corrected chi connectivity index (χ0v) is 15.1. The van der Waals surface area contributed by atoms with Crippen LogP contribution in [-0.4, -0.2) is 31.8 Å². The smallest absolute Gasteiger partial charge is 0.171 e. The van der Waals surface area contributed by atoms with Crippen LogP contribution in [0.25, 0.3) is 0 Å². The average molecular weight is 329 g/mol. The fraction of sp³-hybridized carbons (Fsp3) is 0.952. The molecule has 2 aliphatic heterocycles. The van der Waals surface area contributed by atoms with E-state index in [-0.39, 0.29) is 5.79 Å². The second-order valence-electron chi connectivity index (χ2n) is 10.3. The maximum absolute atomic E-state index is 6.26. The van der Waals surface area contributed by atoms with E-state index in [4.69, 9.17) is 14.5 Å². The second-order valence-corrected chi connectivity index (χ2v) is 10.3. The van der Waals surface area contributed by atoms with E-state index in [0.29, 0.717) is 22.2 Å². The van der Waals surface area contributed by atoms with Gasteiger partial charge in [-0.3, -0.25) is 4.99 Å². The maximum Gasteiger partial charge on any atom is 0.171 e. The summed E-state index contributed by atoms with van der Waals surface area (Å²) in [5.41, 5.74) is 1.35. The third-order valence-corrected chi connectivity index (χ3v) is 9.46. The van der Waals surface area contributed by atoms with Crippen LogP contribution < -0.4 is 0 Å². The highest BCUT2D eigenvalue weighted by molar-refractivity contribution is 5.69. The Kier molecular flexibility index (Phi) is 2.74. The molecule has 4 bridgehead atoms. The molecular weight excluding hydrogens is 298 g/mol. The standard InChI is InChI=1S/C21H31NO2/c1-18-5-2-6-20(14-22-13-18)16(18)4-8-19-7-3-15(11-17(19)20)21(12-19)23-9-10-24-21/h14-17H,2-13H2,1H3. The molecule has 2 heterocycles. The van der Waals surface area contributed by atoms with E-state index in [1.807, 2.05) is 0 Å². The third-order valence-electron chi connectivity index (χ3n) is 9.46. The van der Waals surface area contributed by atoms with Gasteiger partial charge in [0, 0.05) is 30.5 Å². The number of nitrogens with zero attached hydrogens (tertiary/aromatic N) is 1. The molecule has 0 aromatic carbocycles. The van der Waals surface area contributed by atoms with Gasteiger partial charge in [-0.2, -0.15) is 0 Å². The van der Waals surface area contributed by atoms with Gasteiger partial charge in [0.15, 0.2) is 5.79 Å². The van der Waals surface area contributed by atoms with Crippen molar-refractivity contribution in [2.75, 3.05) is 19.8 Å². The molecule has 1 saturated heterocycles. The van der Waals surface area contributed by atoms with Crippen LogP contribution in [0.5, 0.6) is 0 Å². The molecule has 5 saturated carbocycles. The lowest BCUT2D eigenvalue weighted by Gasteiger charge is -2.70. The van der Waals surface area contributed by atoms with Crippen molar-refractivity contribution in [3.8, 4) is 0 Å². The summed E-state index contributed by atoms with van der Waals surface area (Å²) in [4.78, 5) is 4.98. The van der Waals surface area contributed by atoms with E-state index < -0.39 is 0 Å². The Hall–Kier alpha value is -0.410. The van der Waals surface area contributed by atoms with Crippen LogP contribution in [0.1, 0.15) is 64.7 Å². The molecule has 2 spiro atoms. The van der Waals surface area contributed by atoms with Crippen molar-refractivity contribution < 1.29 is 9.47 Å². The predicted molar refractivity (Wildman–Crippen MR) is 93.0 cm³/mol. The quantitative estimate of drug-likeness (QED) is 0.666. The van der Waals surface area contributed by atoms with E-state index in [9.17, 15) is 0 Å². The van der Waals surface area contributed by atoms with Gasteiger partial charge in [0.2, 0.25) is 0 Å². The maximum atomic E-state index is 6.26. The Morgan fingerprint density at radius 3 is 2.71 bits per heavy atom. The summed E-state index contributed by atoms with van der Waals surface area (Å²) in [6, 6.07) is 0. The third kappa shape index (κ3) is 1.56. The monoisotopic (exact) mass is 329 g/mol. The van der Waals surface area contributed by atoms with Gasteiger partial charge in [-0.25, -0.2) is 0 Å². The minimum absolute atomic E-state index is 0.206. The molecule has 0 aromatic heterocycles. The van der Waals surface area contributed by atoms with E-state index in [1.165, 1.54) is 57.8 Å². The summed E-state index contributed by atoms with van der Waals surface area (Å²) < 4.78 is 12.5. The second kappa shape index (κ2) is 4.46. The Morgan fingerprint density at radius 1 is 1.00 bits per heavy atom. The summed E-state index contributed by atoms with van der Waals surface area (Å²) in [5.74, 6) is 2.14. The molecule has 132 valence electrons. The fourth-order valence-corrected chi connectivity index (χ4v) is 8.64. The normalized spacial score (nSPS) is 57.0. The molecule has 6 unspecified atom stereocenters. The molecule has 0 amide bonds. The first-order valence-corrected chi connectivity index (χ1v) is 10.4. The minimum Gasteiger partial charge on any atom is -0.347 e. The highest BCUT2D eigenvalue weighted by atomic mass is 16.7. The predicted octanol–water partition coefficient (Wildman–Crippen LogP) is 4.21. The van der Waals surface area contributed by atoms with Crippen molar-refractivity contribution in [1.29, 1.82) is 0 Å². The van der Waals surface area contributed by atoms with Gasteiger partial charge in [0.25, 0.3) is 0 Å². The molecule has 3 nitrogen and oxygen atoms in total. The molecule has 7 aliphatic rings. The summed E-state index contributed by atoms with van der Waals surface area (Å²) in [5, 5.41) is 0. The Labute approximate surface area is 145 Å². The molecule has 5 aliphatic carbocycles. The lowest BCUT2D eigenvalue weighted by molar-refractivity contribution is -0.297. The highest BCUT2D eigenvalue weighted by Crippen LogP contribution is 2.73. The summed E-state index contributed by atoms with van der Waals surface area (Å²) >= 11 is 0. The van der Waals surface area contributed by atoms with Crippen LogP contribution in [0.3, 0.4) is 0 Å². The van der Waals surface area contributed by atoms with Crippen LogP contribution >= 0.6 is 0 Å². The molecule has 0 aromatic rings. The molecular formula is C21H31NO2. The van der Waals surface area contributed by atoms with Crippen LogP contribution in [-0.2, 0) is 9.47 Å². The summed E-state index contributed by atoms with van der Waals surface area (Å²) in [6.45, 7) is 5.25. The van der Waals surface area contributed by atoms with Crippen molar-refractivity contribution in [3.05, 3.63) is 0 Å². The average Bonchev–Trinajstić information content (AvgIpc) is 3.01. The van der Waals surface area contributed by atoms with Gasteiger partial charge < -0.3 is 9.47 Å². The molecule has 0 N–H and O–H groups in total. The van der Waals surface area contributed by atoms with Crippen molar-refractivity contribution in [2.24, 2.45) is 39.0 Å². The first-order valence-electron chi connectivity index (χ1n) is 10.4. The summed E-state index contributed by atoms with van der Waals surface area (Å²) in [7, 11) is 0. The van der Waals surface area contributed by atoms with E-state index in [0.717, 1.165) is 31.6 Å². The van der Waals surface area contributed by atoms with Crippen LogP contribution in [0.15, 0.2) is 4.99 Å². The zero-order chi connectivity index (χ0) is 16.0. The number of aliphatic imine (C=N–C) groups is 1. The van der Waals surface area contributed by atoms with E-state index in [2.05, 4.69) is 13.1 Å². The van der Waals surface area contributed by atoms with Gasteiger partial charge in [-0.1, -0.05) is 13.3 Å². The zero-order valence-electron chi connectivity index (χ0n) is 15.1. The first-order chi connectivity index (χ1) is 11.6. The molecule has 6 fully saturated rings. The molecule has 7 rings (SSSR count). The number of fused-ring (bicyclic) bond motifs is 1. The molecule has 6 atom stereocenters. The van der Waals surface area contributed by atoms with Crippen molar-refractivity contribution in [2.45, 2.75) is 70.5 Å². The van der Waals surface area contributed by atoms with Crippen LogP contribution in [0.2, 0.25) is 0 Å². The van der Waals surface area contributed by atoms with Gasteiger partial charge >= 0.3 is 0 Å². The number of ether oxygens (including phenoxy) is 2. The van der Waals surface area contributed by atoms with Crippen molar-refractivity contribution in [3.63, 3.8) is 0 Å². The lowest BCUT2D eigenvalue weighted by Crippen LogP contribution is -2.67. The highest BCUT2D eigenvalue weighted by Gasteiger charge is 2.70. The SMILES string of the molecule is CC12CCCC3(C=NC1)C2CCC12CCC(CC13)C1(C2)OCCO1. The van der Waals surface area contributed by atoms with E-state index in [1.54, 1.807) is 0 Å². The van der Waals surface area contributed by atoms with Gasteiger partial charge in [-0.05, 0) is 67.6 Å². The number of rotatable bonds is 0. The minimum atomic E-state index is -0.206. The van der Waals surface area contributed by atoms with Crippen molar-refractivity contribution >= 4 is 6.21 Å². The Balaban J connectivity index is 1.45. The molecule has 24 heavy (non-hydrogen) atoms. The van der Waals surface area contributed by atoms with Gasteiger partial charge in [-0.15, -0.1) is 0 Å². The summed E-state index contributed by atoms with van der Waals surface area (Å²) in [6.07, 6.45) is 14.8. The number of hydrogen-bond donors (Lipinski definition) is 0. The Bertz CT molecular complexity index is 597. The van der Waals surface area contributed by atoms with Crippen LogP contribution in [0.4, 0.5) is 0 Å². The van der Waals surface area contributed by atoms with Gasteiger partial charge in [0.05, 0.1) is 13.2 Å². The largest absolute Gasteiger partial charge is 0.347 e. The van der Waals surface area contributed by atoms with E-state index >= 15 is 0 Å². The van der Waals surface area contributed by atoms with Crippen LogP contribution in [0, 0.1) is 34.0 Å². The van der Waals surface area contributed by atoms with Gasteiger partial charge in [0.1, 0.15) is 0 Å². The fourth-order valence-electron chi connectivity index (χ4n) is 8.64. The van der Waals surface area contributed by atoms with Crippen molar-refractivity contribution in [1.82, 2.24) is 0 Å². The molecule has 3 heteroatoms. The Morgan fingerprint density at radius 2 is 1.83 bits per heavy atom. The topological polar surface area (TPSA) is 30.8 Å². The number of hydrogen-bond acceptors (Lipinski definition) is 3. The first kappa shape index (κ1) is 14.7. The lowest BCUT2D eigenvalue weighted by atomic mass is 9.36.